The van der Waals surface area contributed by atoms with Crippen LogP contribution >= 0.6 is 0 Å². The molecular weight excluding hydrogens is 419 g/mol. The van der Waals surface area contributed by atoms with Crippen LogP contribution in [-0.2, 0) is 0 Å². The molecule has 0 unspecified atom stereocenters. The van der Waals surface area contributed by atoms with Gasteiger partial charge in [0.2, 0.25) is 5.95 Å². The first-order chi connectivity index (χ1) is 15.8. The summed E-state index contributed by atoms with van der Waals surface area (Å²) in [6, 6.07) is 5.31. The minimum absolute atomic E-state index is 0.128. The maximum Gasteiger partial charge on any atom is 0.241 e. The molecule has 2 fully saturated rings. The van der Waals surface area contributed by atoms with Gasteiger partial charge in [0.15, 0.2) is 5.65 Å². The highest BCUT2D eigenvalue weighted by atomic mass is 19.1. The van der Waals surface area contributed by atoms with Gasteiger partial charge in [-0.2, -0.15) is 0 Å². The number of aryl methyl sites for hydroxylation is 1. The molecule has 8 nitrogen and oxygen atoms in total. The monoisotopic (exact) mass is 448 g/mol. The summed E-state index contributed by atoms with van der Waals surface area (Å²) < 4.78 is 18.2. The number of imidazole rings is 1. The minimum Gasteiger partial charge on any atom is -0.350 e. The van der Waals surface area contributed by atoms with Gasteiger partial charge in [0.05, 0.1) is 17.2 Å². The lowest BCUT2D eigenvalue weighted by Gasteiger charge is -2.40. The van der Waals surface area contributed by atoms with E-state index in [1.165, 1.54) is 0 Å². The highest BCUT2D eigenvalue weighted by Gasteiger charge is 2.42. The zero-order valence-electron chi connectivity index (χ0n) is 19.5. The first kappa shape index (κ1) is 20.5. The van der Waals surface area contributed by atoms with Crippen molar-refractivity contribution in [3.8, 4) is 11.1 Å². The lowest BCUT2D eigenvalue weighted by molar-refractivity contribution is 0.0330. The van der Waals surface area contributed by atoms with E-state index < -0.39 is 5.67 Å². The van der Waals surface area contributed by atoms with Gasteiger partial charge in [0.1, 0.15) is 11.5 Å². The maximum atomic E-state index is 14.2. The summed E-state index contributed by atoms with van der Waals surface area (Å²) in [6.07, 6.45) is 8.89. The fourth-order valence-corrected chi connectivity index (χ4v) is 5.32. The van der Waals surface area contributed by atoms with Crippen LogP contribution in [0.25, 0.3) is 27.8 Å². The van der Waals surface area contributed by atoms with Crippen molar-refractivity contribution in [1.29, 1.82) is 0 Å². The molecule has 0 aliphatic heterocycles. The zero-order valence-corrected chi connectivity index (χ0v) is 19.5. The molecule has 0 spiro atoms. The van der Waals surface area contributed by atoms with Gasteiger partial charge in [-0.05, 0) is 52.9 Å². The third kappa shape index (κ3) is 3.45. The number of aromatic nitrogens is 6. The van der Waals surface area contributed by atoms with Gasteiger partial charge in [-0.1, -0.05) is 0 Å². The van der Waals surface area contributed by atoms with Gasteiger partial charge in [-0.15, -0.1) is 5.10 Å². The Labute approximate surface area is 191 Å². The van der Waals surface area contributed by atoms with E-state index in [0.717, 1.165) is 40.8 Å². The molecule has 6 rings (SSSR count). The topological polar surface area (TPSA) is 76.2 Å². The maximum absolute atomic E-state index is 14.2. The molecule has 2 aliphatic rings. The minimum atomic E-state index is -1.09. The van der Waals surface area contributed by atoms with Crippen molar-refractivity contribution in [1.82, 2.24) is 34.0 Å². The highest BCUT2D eigenvalue weighted by Crippen LogP contribution is 2.45. The smallest absolute Gasteiger partial charge is 0.241 e. The number of halogens is 1. The number of alkyl halides is 1. The molecule has 2 aliphatic carbocycles. The Morgan fingerprint density at radius 3 is 2.67 bits per heavy atom. The molecule has 0 bridgehead atoms. The van der Waals surface area contributed by atoms with Crippen LogP contribution < -0.4 is 5.32 Å². The van der Waals surface area contributed by atoms with Crippen molar-refractivity contribution in [3.05, 3.63) is 36.5 Å². The Hall–Kier alpha value is -3.07. The summed E-state index contributed by atoms with van der Waals surface area (Å²) in [5, 5.41) is 8.11. The number of nitrogens with one attached hydrogen (secondary N) is 1. The van der Waals surface area contributed by atoms with E-state index in [9.17, 15) is 4.39 Å². The summed E-state index contributed by atoms with van der Waals surface area (Å²) in [4.78, 5) is 16.0. The standard InChI is InChI=1S/C24H29FN8/c1-14-28-22-20(33(14)18-10-24(2,25)11-18)7-15(12-26-22)19-5-6-32-21(19)13-27-23(30-32)29-16-8-17(9-16)31(3)4/h5-7,12-13,16-18H,8-11H2,1-4H3,(H,29,30). The third-order valence-electron chi connectivity index (χ3n) is 7.32. The van der Waals surface area contributed by atoms with E-state index in [4.69, 9.17) is 0 Å². The average molecular weight is 449 g/mol. The zero-order chi connectivity index (χ0) is 22.9. The summed E-state index contributed by atoms with van der Waals surface area (Å²) in [6.45, 7) is 3.64. The van der Waals surface area contributed by atoms with E-state index >= 15 is 0 Å². The van der Waals surface area contributed by atoms with Crippen LogP contribution in [0.15, 0.2) is 30.7 Å². The summed E-state index contributed by atoms with van der Waals surface area (Å²) in [5.74, 6) is 1.52. The predicted octanol–water partition coefficient (Wildman–Crippen LogP) is 4.02. The van der Waals surface area contributed by atoms with Gasteiger partial charge in [-0.3, -0.25) is 0 Å². The van der Waals surface area contributed by atoms with Crippen molar-refractivity contribution in [3.63, 3.8) is 0 Å². The molecule has 1 N–H and O–H groups in total. The van der Waals surface area contributed by atoms with Gasteiger partial charge in [0.25, 0.3) is 0 Å². The summed E-state index contributed by atoms with van der Waals surface area (Å²) in [7, 11) is 4.24. The highest BCUT2D eigenvalue weighted by molar-refractivity contribution is 5.85. The van der Waals surface area contributed by atoms with Gasteiger partial charge in [0, 0.05) is 54.5 Å². The van der Waals surface area contributed by atoms with Crippen LogP contribution in [0.4, 0.5) is 10.3 Å². The Balaban J connectivity index is 1.29. The number of nitrogens with zero attached hydrogens (tertiary/aromatic N) is 7. The van der Waals surface area contributed by atoms with Crippen LogP contribution in [0, 0.1) is 6.92 Å². The molecule has 0 saturated heterocycles. The fourth-order valence-electron chi connectivity index (χ4n) is 5.32. The molecule has 4 heterocycles. The van der Waals surface area contributed by atoms with Crippen molar-refractivity contribution < 1.29 is 4.39 Å². The van der Waals surface area contributed by atoms with Crippen molar-refractivity contribution in [2.45, 2.75) is 63.3 Å². The quantitative estimate of drug-likeness (QED) is 0.497. The largest absolute Gasteiger partial charge is 0.350 e. The molecule has 0 radical (unpaired) electrons. The molecule has 0 aromatic carbocycles. The van der Waals surface area contributed by atoms with Crippen LogP contribution in [0.1, 0.15) is 44.5 Å². The molecule has 4 aromatic heterocycles. The third-order valence-corrected chi connectivity index (χ3v) is 7.32. The first-order valence-electron chi connectivity index (χ1n) is 11.6. The SMILES string of the molecule is Cc1nc2ncc(-c3ccn4nc(NC5CC(N(C)C)C5)ncc34)cc2n1C1CC(C)(F)C1. The van der Waals surface area contributed by atoms with E-state index in [1.807, 2.05) is 36.1 Å². The second kappa shape index (κ2) is 7.21. The average Bonchev–Trinajstić information content (AvgIpc) is 3.27. The second-order valence-corrected chi connectivity index (χ2v) is 10.1. The van der Waals surface area contributed by atoms with Crippen LogP contribution in [0.3, 0.4) is 0 Å². The molecule has 4 aromatic rings. The van der Waals surface area contributed by atoms with Crippen LogP contribution in [0.2, 0.25) is 0 Å². The van der Waals surface area contributed by atoms with Crippen LogP contribution in [-0.4, -0.2) is 65.9 Å². The van der Waals surface area contributed by atoms with Crippen molar-refractivity contribution in [2.75, 3.05) is 19.4 Å². The Morgan fingerprint density at radius 1 is 1.15 bits per heavy atom. The van der Waals surface area contributed by atoms with E-state index in [-0.39, 0.29) is 6.04 Å². The lowest BCUT2D eigenvalue weighted by Crippen LogP contribution is -2.47. The van der Waals surface area contributed by atoms with Crippen molar-refractivity contribution in [2.24, 2.45) is 0 Å². The summed E-state index contributed by atoms with van der Waals surface area (Å²) >= 11 is 0. The van der Waals surface area contributed by atoms with E-state index in [1.54, 1.807) is 6.92 Å². The Morgan fingerprint density at radius 2 is 1.94 bits per heavy atom. The number of fused-ring (bicyclic) bond motifs is 2. The molecular formula is C24H29FN8. The Bertz CT molecular complexity index is 1340. The fraction of sp³-hybridized carbons (Fsp3) is 0.500. The molecule has 172 valence electrons. The normalized spacial score (nSPS) is 27.2. The number of anilines is 1. The molecule has 0 atom stereocenters. The van der Waals surface area contributed by atoms with Crippen molar-refractivity contribution >= 4 is 22.6 Å². The van der Waals surface area contributed by atoms with E-state index in [2.05, 4.69) is 55.0 Å². The first-order valence-corrected chi connectivity index (χ1v) is 11.6. The second-order valence-electron chi connectivity index (χ2n) is 10.1. The number of rotatable bonds is 5. The van der Waals surface area contributed by atoms with Crippen LogP contribution in [0.5, 0.6) is 0 Å². The van der Waals surface area contributed by atoms with Gasteiger partial charge >= 0.3 is 0 Å². The summed E-state index contributed by atoms with van der Waals surface area (Å²) in [5.41, 5.74) is 3.47. The lowest BCUT2D eigenvalue weighted by atomic mass is 9.78. The molecule has 0 amide bonds. The number of hydrogen-bond acceptors (Lipinski definition) is 6. The Kier molecular flexibility index (Phi) is 4.49. The predicted molar refractivity (Wildman–Crippen MR) is 126 cm³/mol. The van der Waals surface area contributed by atoms with Gasteiger partial charge in [-0.25, -0.2) is 23.9 Å². The van der Waals surface area contributed by atoms with E-state index in [0.29, 0.717) is 36.5 Å². The number of hydrogen-bond donors (Lipinski definition) is 1. The molecule has 9 heteroatoms. The molecule has 2 saturated carbocycles. The van der Waals surface area contributed by atoms with Gasteiger partial charge < -0.3 is 14.8 Å². The number of pyridine rings is 1. The molecule has 33 heavy (non-hydrogen) atoms.